The topological polar surface area (TPSA) is 96.5 Å². The first-order valence-electron chi connectivity index (χ1n) is 13.8. The molecule has 0 spiro atoms. The molecule has 1 atom stereocenters. The molecule has 220 valence electrons. The number of thioether (sulfide) groups is 1. The van der Waals surface area contributed by atoms with Crippen molar-refractivity contribution in [2.45, 2.75) is 17.1 Å². The summed E-state index contributed by atoms with van der Waals surface area (Å²) < 4.78 is 5.81. The van der Waals surface area contributed by atoms with Crippen molar-refractivity contribution in [1.29, 1.82) is 0 Å². The van der Waals surface area contributed by atoms with E-state index in [1.54, 1.807) is 72.8 Å². The third-order valence-electron chi connectivity index (χ3n) is 6.23. The maximum absolute atomic E-state index is 13.3. The standard InChI is InChI=1S/C35H29N3O4S2/c1-24(33(39)36-26-17-19-29(20-18-26)42-28-13-6-3-7-14-28)44-31-15-8-12-27(22-31)37-35(41)32(23-30-16-9-21-43-30)38-34(40)25-10-4-2-5-11-25/h2-24H,1H3,(H,36,39)(H,37,41)(H,38,40)/b32-23-. The largest absolute Gasteiger partial charge is 0.457 e. The van der Waals surface area contributed by atoms with Crippen molar-refractivity contribution in [3.63, 3.8) is 0 Å². The molecular weight excluding hydrogens is 591 g/mol. The van der Waals surface area contributed by atoms with E-state index in [2.05, 4.69) is 16.0 Å². The lowest BCUT2D eigenvalue weighted by molar-refractivity contribution is -0.115. The average molecular weight is 620 g/mol. The summed E-state index contributed by atoms with van der Waals surface area (Å²) in [5.41, 5.74) is 1.76. The minimum atomic E-state index is -0.463. The number of benzene rings is 4. The Hall–Kier alpha value is -5.12. The number of carbonyl (C=O) groups is 3. The zero-order chi connectivity index (χ0) is 30.7. The molecule has 0 fully saturated rings. The molecule has 1 aromatic heterocycles. The molecule has 0 aliphatic heterocycles. The predicted octanol–water partition coefficient (Wildman–Crippen LogP) is 8.07. The average Bonchev–Trinajstić information content (AvgIpc) is 3.56. The van der Waals surface area contributed by atoms with Gasteiger partial charge in [0, 0.05) is 26.7 Å². The summed E-state index contributed by atoms with van der Waals surface area (Å²) in [7, 11) is 0. The third-order valence-corrected chi connectivity index (χ3v) is 8.15. The maximum Gasteiger partial charge on any atom is 0.272 e. The molecule has 0 saturated carbocycles. The molecule has 0 aliphatic rings. The molecule has 3 N–H and O–H groups in total. The molecule has 4 aromatic carbocycles. The Kier molecular flexibility index (Phi) is 10.2. The van der Waals surface area contributed by atoms with Crippen LogP contribution in [0.2, 0.25) is 0 Å². The van der Waals surface area contributed by atoms with Gasteiger partial charge in [-0.3, -0.25) is 14.4 Å². The number of nitrogens with one attached hydrogen (secondary N) is 3. The van der Waals surface area contributed by atoms with Crippen LogP contribution < -0.4 is 20.7 Å². The van der Waals surface area contributed by atoms with Crippen molar-refractivity contribution in [3.05, 3.63) is 143 Å². The van der Waals surface area contributed by atoms with Crippen LogP contribution >= 0.6 is 23.1 Å². The Morgan fingerprint density at radius 2 is 1.45 bits per heavy atom. The van der Waals surface area contributed by atoms with Gasteiger partial charge in [-0.2, -0.15) is 0 Å². The van der Waals surface area contributed by atoms with Gasteiger partial charge in [-0.1, -0.05) is 48.5 Å². The zero-order valence-electron chi connectivity index (χ0n) is 23.7. The molecule has 1 heterocycles. The quantitative estimate of drug-likeness (QED) is 0.103. The summed E-state index contributed by atoms with van der Waals surface area (Å²) >= 11 is 2.82. The second-order valence-corrected chi connectivity index (χ2v) is 12.0. The number of amides is 3. The highest BCUT2D eigenvalue weighted by Crippen LogP contribution is 2.28. The number of anilines is 2. The summed E-state index contributed by atoms with van der Waals surface area (Å²) in [4.78, 5) is 40.7. The fraction of sp³-hybridized carbons (Fsp3) is 0.0571. The van der Waals surface area contributed by atoms with E-state index in [1.165, 1.54) is 23.1 Å². The van der Waals surface area contributed by atoms with E-state index in [0.717, 1.165) is 15.5 Å². The fourth-order valence-corrected chi connectivity index (χ4v) is 5.62. The van der Waals surface area contributed by atoms with Crippen LogP contribution in [0.5, 0.6) is 11.5 Å². The molecule has 0 radical (unpaired) electrons. The highest BCUT2D eigenvalue weighted by atomic mass is 32.2. The van der Waals surface area contributed by atoms with Gasteiger partial charge in [-0.15, -0.1) is 23.1 Å². The smallest absolute Gasteiger partial charge is 0.272 e. The molecular formula is C35H29N3O4S2. The molecule has 44 heavy (non-hydrogen) atoms. The van der Waals surface area contributed by atoms with E-state index < -0.39 is 11.2 Å². The Morgan fingerprint density at radius 3 is 2.16 bits per heavy atom. The Labute approximate surface area is 264 Å². The minimum absolute atomic E-state index is 0.118. The van der Waals surface area contributed by atoms with Gasteiger partial charge in [0.05, 0.1) is 5.25 Å². The van der Waals surface area contributed by atoms with Crippen LogP contribution in [0.4, 0.5) is 11.4 Å². The van der Waals surface area contributed by atoms with Crippen LogP contribution in [0.3, 0.4) is 0 Å². The fourth-order valence-electron chi connectivity index (χ4n) is 4.04. The van der Waals surface area contributed by atoms with Gasteiger partial charge in [0.2, 0.25) is 5.91 Å². The lowest BCUT2D eigenvalue weighted by Gasteiger charge is -2.14. The summed E-state index contributed by atoms with van der Waals surface area (Å²) in [6, 6.07) is 36.4. The van der Waals surface area contributed by atoms with E-state index in [9.17, 15) is 14.4 Å². The van der Waals surface area contributed by atoms with Gasteiger partial charge < -0.3 is 20.7 Å². The summed E-state index contributed by atoms with van der Waals surface area (Å²) in [6.45, 7) is 1.82. The number of hydrogen-bond donors (Lipinski definition) is 3. The van der Waals surface area contributed by atoms with Gasteiger partial charge in [0.15, 0.2) is 0 Å². The van der Waals surface area contributed by atoms with Gasteiger partial charge in [0.1, 0.15) is 17.2 Å². The molecule has 1 unspecified atom stereocenters. The van der Waals surface area contributed by atoms with Gasteiger partial charge >= 0.3 is 0 Å². The van der Waals surface area contributed by atoms with E-state index in [4.69, 9.17) is 4.74 Å². The molecule has 0 saturated heterocycles. The Morgan fingerprint density at radius 1 is 0.750 bits per heavy atom. The van der Waals surface area contributed by atoms with E-state index in [-0.39, 0.29) is 17.5 Å². The Bertz CT molecular complexity index is 1740. The van der Waals surface area contributed by atoms with Gasteiger partial charge in [-0.05, 0) is 91.2 Å². The highest BCUT2D eigenvalue weighted by molar-refractivity contribution is 8.00. The summed E-state index contributed by atoms with van der Waals surface area (Å²) in [6.07, 6.45) is 1.65. The first-order valence-corrected chi connectivity index (χ1v) is 15.5. The summed E-state index contributed by atoms with van der Waals surface area (Å²) in [5, 5.41) is 10.0. The lowest BCUT2D eigenvalue weighted by atomic mass is 10.2. The van der Waals surface area contributed by atoms with Crippen LogP contribution in [-0.4, -0.2) is 23.0 Å². The van der Waals surface area contributed by atoms with Crippen molar-refractivity contribution in [1.82, 2.24) is 5.32 Å². The van der Waals surface area contributed by atoms with Crippen LogP contribution in [0, 0.1) is 0 Å². The van der Waals surface area contributed by atoms with E-state index >= 15 is 0 Å². The molecule has 7 nitrogen and oxygen atoms in total. The molecule has 9 heteroatoms. The van der Waals surface area contributed by atoms with Crippen molar-refractivity contribution in [2.75, 3.05) is 10.6 Å². The number of carbonyl (C=O) groups excluding carboxylic acids is 3. The first-order chi connectivity index (χ1) is 21.4. The third kappa shape index (κ3) is 8.70. The SMILES string of the molecule is CC(Sc1cccc(NC(=O)/C(=C/c2cccs2)NC(=O)c2ccccc2)c1)C(=O)Nc1ccc(Oc2ccccc2)cc1. The van der Waals surface area contributed by atoms with Crippen molar-refractivity contribution < 1.29 is 19.1 Å². The first kappa shape index (κ1) is 30.3. The highest BCUT2D eigenvalue weighted by Gasteiger charge is 2.17. The maximum atomic E-state index is 13.3. The van der Waals surface area contributed by atoms with Crippen LogP contribution in [0.15, 0.2) is 137 Å². The second-order valence-electron chi connectivity index (χ2n) is 9.56. The zero-order valence-corrected chi connectivity index (χ0v) is 25.4. The number of rotatable bonds is 11. The monoisotopic (exact) mass is 619 g/mol. The van der Waals surface area contributed by atoms with Crippen molar-refractivity contribution in [3.8, 4) is 11.5 Å². The second kappa shape index (κ2) is 14.9. The Balaban J connectivity index is 1.20. The van der Waals surface area contributed by atoms with Crippen LogP contribution in [0.25, 0.3) is 6.08 Å². The number of para-hydroxylation sites is 1. The van der Waals surface area contributed by atoms with E-state index in [1.807, 2.05) is 66.9 Å². The molecule has 3 amide bonds. The molecule has 5 rings (SSSR count). The minimum Gasteiger partial charge on any atom is -0.457 e. The van der Waals surface area contributed by atoms with Crippen LogP contribution in [0.1, 0.15) is 22.2 Å². The normalized spacial score (nSPS) is 11.7. The van der Waals surface area contributed by atoms with Gasteiger partial charge in [-0.25, -0.2) is 0 Å². The van der Waals surface area contributed by atoms with E-state index in [0.29, 0.717) is 22.7 Å². The van der Waals surface area contributed by atoms with Crippen LogP contribution in [-0.2, 0) is 9.59 Å². The predicted molar refractivity (Wildman–Crippen MR) is 178 cm³/mol. The van der Waals surface area contributed by atoms with Crippen molar-refractivity contribution >= 4 is 58.3 Å². The molecule has 0 aliphatic carbocycles. The molecule has 0 bridgehead atoms. The lowest BCUT2D eigenvalue weighted by Crippen LogP contribution is -2.30. The number of thiophene rings is 1. The number of ether oxygens (including phenoxy) is 1. The number of hydrogen-bond acceptors (Lipinski definition) is 6. The van der Waals surface area contributed by atoms with Crippen molar-refractivity contribution in [2.24, 2.45) is 0 Å². The summed E-state index contributed by atoms with van der Waals surface area (Å²) in [5.74, 6) is 0.398. The molecule has 5 aromatic rings. The van der Waals surface area contributed by atoms with Gasteiger partial charge in [0.25, 0.3) is 11.8 Å².